The van der Waals surface area contributed by atoms with Gasteiger partial charge >= 0.3 is 11.9 Å². The fourth-order valence-corrected chi connectivity index (χ4v) is 9.70. The molecule has 4 aliphatic rings. The Morgan fingerprint density at radius 1 is 0.909 bits per heavy atom. The Kier molecular flexibility index (Phi) is 6.21. The third-order valence-corrected chi connectivity index (χ3v) is 11.7. The summed E-state index contributed by atoms with van der Waals surface area (Å²) < 4.78 is 12.1. The summed E-state index contributed by atoms with van der Waals surface area (Å²) >= 11 is 0. The topological polar surface area (TPSA) is 59.1 Å². The summed E-state index contributed by atoms with van der Waals surface area (Å²) in [5.41, 5.74) is 1.11. The number of hydrogen-bond donors (Lipinski definition) is 0. The molecule has 0 atom stereocenters. The van der Waals surface area contributed by atoms with Crippen LogP contribution in [0.2, 0.25) is 0 Å². The Morgan fingerprint density at radius 2 is 1.52 bits per heavy atom. The zero-order valence-electron chi connectivity index (χ0n) is 19.8. The summed E-state index contributed by atoms with van der Waals surface area (Å²) in [5.74, 6) is 1.27. The summed E-state index contributed by atoms with van der Waals surface area (Å²) in [6, 6.07) is 10.9. The van der Waals surface area contributed by atoms with Crippen LogP contribution in [0.1, 0.15) is 52.4 Å². The second kappa shape index (κ2) is 8.99. The Balaban J connectivity index is 1.40. The van der Waals surface area contributed by atoms with Crippen LogP contribution in [0.15, 0.2) is 42.5 Å². The van der Waals surface area contributed by atoms with Gasteiger partial charge in [0.25, 0.3) is 0 Å². The Labute approximate surface area is 199 Å². The van der Waals surface area contributed by atoms with E-state index in [0.717, 1.165) is 50.0 Å². The van der Waals surface area contributed by atoms with Gasteiger partial charge in [-0.05, 0) is 49.7 Å². The van der Waals surface area contributed by atoms with Crippen LogP contribution in [-0.2, 0) is 18.0 Å². The number of carbonyl (C=O) groups excluding carboxylic acids is 2. The van der Waals surface area contributed by atoms with Gasteiger partial charge in [0.05, 0.1) is 5.75 Å². The van der Waals surface area contributed by atoms with Crippen molar-refractivity contribution in [2.24, 2.45) is 11.8 Å². The van der Waals surface area contributed by atoms with Gasteiger partial charge in [0.1, 0.15) is 0 Å². The van der Waals surface area contributed by atoms with E-state index in [1.54, 1.807) is 0 Å². The number of carbonyl (C=O) groups is 2. The molecule has 0 radical (unpaired) electrons. The molecule has 0 aromatic heterocycles. The molecule has 6 nitrogen and oxygen atoms in total. The smallest absolute Gasteiger partial charge is 0.346 e. The van der Waals surface area contributed by atoms with Crippen LogP contribution in [0, 0.1) is 11.8 Å². The van der Waals surface area contributed by atoms with Crippen molar-refractivity contribution in [1.29, 1.82) is 0 Å². The lowest BCUT2D eigenvalue weighted by Gasteiger charge is -2.56. The number of benzene rings is 1. The average molecular weight is 473 g/mol. The minimum Gasteiger partial charge on any atom is -0.346 e. The molecular weight excluding hydrogens is 436 g/mol. The van der Waals surface area contributed by atoms with Crippen molar-refractivity contribution in [3.05, 3.63) is 42.5 Å². The number of likely N-dealkylation sites (tertiary alicyclic amines) is 1. The van der Waals surface area contributed by atoms with Gasteiger partial charge in [0.2, 0.25) is 0 Å². The number of rotatable bonds is 3. The van der Waals surface area contributed by atoms with Gasteiger partial charge in [0.15, 0.2) is 4.87 Å². The molecule has 7 heteroatoms. The fourth-order valence-electron chi connectivity index (χ4n) is 6.41. The van der Waals surface area contributed by atoms with E-state index in [2.05, 4.69) is 35.8 Å². The highest BCUT2D eigenvalue weighted by Gasteiger charge is 2.60. The first-order chi connectivity index (χ1) is 15.9. The number of para-hydroxylation sites is 1. The van der Waals surface area contributed by atoms with E-state index in [0.29, 0.717) is 11.8 Å². The second-order valence-electron chi connectivity index (χ2n) is 10.2. The Hall–Kier alpha value is -1.99. The minimum atomic E-state index is -2.39. The maximum atomic E-state index is 12.5. The first kappa shape index (κ1) is 22.8. The standard InChI is InChI=1S/C26H36N2O4S/c1-20(2)21-8-10-22(11-9-21)27-16-14-26(15-17-27)28(23-6-4-3-5-7-23)18-19-33(26)31-24(29)12-13-25(30)32-33/h3-7,12-13,20-22H,8-11,14-19H2,1-2H3. The van der Waals surface area contributed by atoms with E-state index < -0.39 is 27.4 Å². The zero-order valence-corrected chi connectivity index (χ0v) is 20.6. The molecule has 1 aliphatic carbocycles. The lowest BCUT2D eigenvalue weighted by Crippen LogP contribution is -2.57. The van der Waals surface area contributed by atoms with Gasteiger partial charge in [-0.15, -0.1) is 0 Å². The monoisotopic (exact) mass is 472 g/mol. The molecule has 0 amide bonds. The van der Waals surface area contributed by atoms with E-state index in [9.17, 15) is 9.59 Å². The lowest BCUT2D eigenvalue weighted by atomic mass is 9.79. The molecule has 1 aromatic rings. The normalized spacial score (nSPS) is 30.3. The summed E-state index contributed by atoms with van der Waals surface area (Å²) in [6.07, 6.45) is 9.26. The van der Waals surface area contributed by atoms with Crippen LogP contribution >= 0.6 is 10.6 Å². The third-order valence-electron chi connectivity index (χ3n) is 8.29. The van der Waals surface area contributed by atoms with Crippen molar-refractivity contribution in [2.45, 2.75) is 63.3 Å². The summed E-state index contributed by atoms with van der Waals surface area (Å²) in [6.45, 7) is 7.30. The number of nitrogens with zero attached hydrogens (tertiary/aromatic N) is 2. The lowest BCUT2D eigenvalue weighted by molar-refractivity contribution is -0.130. The molecule has 1 saturated carbocycles. The van der Waals surface area contributed by atoms with Crippen molar-refractivity contribution in [1.82, 2.24) is 4.90 Å². The molecule has 3 fully saturated rings. The van der Waals surface area contributed by atoms with Gasteiger partial charge in [-0.2, -0.15) is 0 Å². The SMILES string of the molecule is CC(C)C1CCC(N2CCC3(CC2)N(c2ccccc2)CCS32OC(=O)C=CC(=O)O2)CC1. The van der Waals surface area contributed by atoms with Gasteiger partial charge in [-0.3, -0.25) is 0 Å². The molecule has 2 spiro atoms. The summed E-state index contributed by atoms with van der Waals surface area (Å²) in [7, 11) is -2.39. The molecule has 0 N–H and O–H groups in total. The Bertz CT molecular complexity index is 882. The Morgan fingerprint density at radius 3 is 2.09 bits per heavy atom. The van der Waals surface area contributed by atoms with Crippen LogP contribution in [0.25, 0.3) is 0 Å². The van der Waals surface area contributed by atoms with Crippen molar-refractivity contribution >= 4 is 28.2 Å². The molecule has 33 heavy (non-hydrogen) atoms. The van der Waals surface area contributed by atoms with Crippen molar-refractivity contribution in [3.8, 4) is 0 Å². The van der Waals surface area contributed by atoms with Gasteiger partial charge < -0.3 is 18.2 Å². The maximum absolute atomic E-state index is 12.5. The highest BCUT2D eigenvalue weighted by atomic mass is 32.3. The van der Waals surface area contributed by atoms with Gasteiger partial charge in [0, 0.05) is 56.4 Å². The first-order valence-corrected chi connectivity index (χ1v) is 14.1. The molecule has 2 saturated heterocycles. The van der Waals surface area contributed by atoms with Crippen LogP contribution in [-0.4, -0.2) is 53.1 Å². The molecule has 3 heterocycles. The van der Waals surface area contributed by atoms with E-state index in [1.165, 1.54) is 37.8 Å². The van der Waals surface area contributed by atoms with Crippen molar-refractivity contribution in [3.63, 3.8) is 0 Å². The minimum absolute atomic E-state index is 0.459. The van der Waals surface area contributed by atoms with Crippen molar-refractivity contribution < 1.29 is 18.0 Å². The number of fused-ring (bicyclic) bond motifs is 1. The molecule has 5 rings (SSSR count). The first-order valence-electron chi connectivity index (χ1n) is 12.4. The van der Waals surface area contributed by atoms with E-state index in [1.807, 2.05) is 18.2 Å². The maximum Gasteiger partial charge on any atom is 0.353 e. The second-order valence-corrected chi connectivity index (χ2v) is 13.0. The average Bonchev–Trinajstić information content (AvgIpc) is 3.01. The quantitative estimate of drug-likeness (QED) is 0.630. The number of piperidine rings is 1. The third kappa shape index (κ3) is 4.08. The molecular formula is C26H36N2O4S. The highest BCUT2D eigenvalue weighted by Crippen LogP contribution is 2.70. The largest absolute Gasteiger partial charge is 0.353 e. The van der Waals surface area contributed by atoms with Crippen LogP contribution in [0.5, 0.6) is 0 Å². The molecule has 0 bridgehead atoms. The van der Waals surface area contributed by atoms with Crippen LogP contribution in [0.4, 0.5) is 5.69 Å². The predicted octanol–water partition coefficient (Wildman–Crippen LogP) is 4.80. The number of hydrogen-bond acceptors (Lipinski definition) is 6. The fraction of sp³-hybridized carbons (Fsp3) is 0.615. The van der Waals surface area contributed by atoms with E-state index >= 15 is 0 Å². The van der Waals surface area contributed by atoms with Gasteiger partial charge in [-0.1, -0.05) is 42.6 Å². The summed E-state index contributed by atoms with van der Waals surface area (Å²) in [5, 5.41) is 0. The molecule has 0 unspecified atom stereocenters. The molecule has 180 valence electrons. The van der Waals surface area contributed by atoms with E-state index in [4.69, 9.17) is 8.37 Å². The van der Waals surface area contributed by atoms with Gasteiger partial charge in [-0.25, -0.2) is 9.59 Å². The van der Waals surface area contributed by atoms with E-state index in [-0.39, 0.29) is 0 Å². The molecule has 3 aliphatic heterocycles. The summed E-state index contributed by atoms with van der Waals surface area (Å²) in [4.78, 5) is 29.6. The van der Waals surface area contributed by atoms with Crippen LogP contribution in [0.3, 0.4) is 0 Å². The predicted molar refractivity (Wildman–Crippen MR) is 132 cm³/mol. The zero-order chi connectivity index (χ0) is 23.1. The van der Waals surface area contributed by atoms with Crippen LogP contribution < -0.4 is 4.90 Å². The molecule has 1 aromatic carbocycles. The highest BCUT2D eigenvalue weighted by molar-refractivity contribution is 8.28. The number of anilines is 1. The van der Waals surface area contributed by atoms with Crippen molar-refractivity contribution in [2.75, 3.05) is 30.3 Å².